The number of alkyl halides is 3. The lowest BCUT2D eigenvalue weighted by molar-refractivity contribution is -0.156. The van der Waals surface area contributed by atoms with E-state index >= 15 is 0 Å². The number of nitrogens with zero attached hydrogens (tertiary/aromatic N) is 1. The molecule has 132 valence electrons. The topological polar surface area (TPSA) is 87.4 Å². The summed E-state index contributed by atoms with van der Waals surface area (Å²) in [5.74, 6) is -1.24. The Labute approximate surface area is 136 Å². The lowest BCUT2D eigenvalue weighted by Crippen LogP contribution is -2.33. The highest BCUT2D eigenvalue weighted by molar-refractivity contribution is 5.91. The smallest absolute Gasteiger partial charge is 0.433 e. The fourth-order valence-corrected chi connectivity index (χ4v) is 2.23. The third-order valence-electron chi connectivity index (χ3n) is 3.24. The predicted molar refractivity (Wildman–Crippen MR) is 81.5 cm³/mol. The number of hydrogen-bond acceptors (Lipinski definition) is 4. The van der Waals surface area contributed by atoms with Gasteiger partial charge in [-0.2, -0.15) is 13.2 Å². The summed E-state index contributed by atoms with van der Waals surface area (Å²) in [6.45, 7) is 3.91. The Hall–Kier alpha value is -2.29. The highest BCUT2D eigenvalue weighted by Gasteiger charge is 2.37. The van der Waals surface area contributed by atoms with Crippen molar-refractivity contribution in [3.05, 3.63) is 24.1 Å². The maximum absolute atomic E-state index is 12.5. The highest BCUT2D eigenvalue weighted by Crippen LogP contribution is 2.31. The van der Waals surface area contributed by atoms with Crippen molar-refractivity contribution in [1.82, 2.24) is 10.3 Å². The number of aromatic nitrogens is 1. The van der Waals surface area contributed by atoms with E-state index in [1.807, 2.05) is 6.92 Å². The van der Waals surface area contributed by atoms with E-state index < -0.39 is 24.2 Å². The first-order valence-corrected chi connectivity index (χ1v) is 7.36. The molecule has 3 N–H and O–H groups in total. The number of aliphatic hydroxyl groups excluding tert-OH is 1. The van der Waals surface area contributed by atoms with E-state index in [0.29, 0.717) is 18.7 Å². The standard InChI is InChI=1S/C15H18F3N3O3/c1-8(5-9(2)22)7-19-14(23)20-10-3-4-12-11(6-10)21-13(24-12)15(16,17)18/h3-4,6,8-9,22H,5,7H2,1-2H3,(H2,19,20,23)/t8-,9+/m0/s1. The molecule has 0 spiro atoms. The van der Waals surface area contributed by atoms with Crippen LogP contribution in [0, 0.1) is 5.92 Å². The maximum atomic E-state index is 12.5. The molecule has 6 nitrogen and oxygen atoms in total. The number of hydrogen-bond donors (Lipinski definition) is 3. The second-order valence-electron chi connectivity index (χ2n) is 5.72. The molecule has 2 atom stereocenters. The van der Waals surface area contributed by atoms with Crippen molar-refractivity contribution >= 4 is 22.8 Å². The third-order valence-corrected chi connectivity index (χ3v) is 3.24. The molecule has 0 fully saturated rings. The van der Waals surface area contributed by atoms with Crippen LogP contribution in [0.15, 0.2) is 22.6 Å². The normalized spacial score (nSPS) is 14.4. The van der Waals surface area contributed by atoms with Gasteiger partial charge in [0.25, 0.3) is 0 Å². The van der Waals surface area contributed by atoms with Crippen molar-refractivity contribution in [2.75, 3.05) is 11.9 Å². The second kappa shape index (κ2) is 7.08. The Morgan fingerprint density at radius 2 is 2.08 bits per heavy atom. The van der Waals surface area contributed by atoms with Crippen LogP contribution in [0.2, 0.25) is 0 Å². The molecule has 0 saturated carbocycles. The van der Waals surface area contributed by atoms with Crippen LogP contribution < -0.4 is 10.6 Å². The lowest BCUT2D eigenvalue weighted by Gasteiger charge is -2.14. The van der Waals surface area contributed by atoms with Crippen LogP contribution >= 0.6 is 0 Å². The Morgan fingerprint density at radius 1 is 1.38 bits per heavy atom. The molecule has 0 aliphatic heterocycles. The van der Waals surface area contributed by atoms with Crippen LogP contribution in [-0.4, -0.2) is 28.8 Å². The van der Waals surface area contributed by atoms with Crippen molar-refractivity contribution in [2.24, 2.45) is 5.92 Å². The molecule has 0 aliphatic rings. The number of oxazole rings is 1. The monoisotopic (exact) mass is 345 g/mol. The Kier molecular flexibility index (Phi) is 5.33. The fourth-order valence-electron chi connectivity index (χ4n) is 2.23. The number of carbonyl (C=O) groups excluding carboxylic acids is 1. The molecule has 24 heavy (non-hydrogen) atoms. The number of rotatable bonds is 5. The number of aliphatic hydroxyl groups is 1. The van der Waals surface area contributed by atoms with E-state index in [2.05, 4.69) is 20.0 Å². The van der Waals surface area contributed by atoms with Gasteiger partial charge in [0.05, 0.1) is 6.10 Å². The Balaban J connectivity index is 1.98. The zero-order valence-electron chi connectivity index (χ0n) is 13.1. The van der Waals surface area contributed by atoms with Gasteiger partial charge >= 0.3 is 18.1 Å². The average Bonchev–Trinajstić information content (AvgIpc) is 2.87. The van der Waals surface area contributed by atoms with Crippen molar-refractivity contribution in [2.45, 2.75) is 32.5 Å². The van der Waals surface area contributed by atoms with Gasteiger partial charge < -0.3 is 20.2 Å². The van der Waals surface area contributed by atoms with Crippen molar-refractivity contribution < 1.29 is 27.5 Å². The van der Waals surface area contributed by atoms with Crippen LogP contribution in [0.1, 0.15) is 26.2 Å². The number of carbonyl (C=O) groups is 1. The Morgan fingerprint density at radius 3 is 2.71 bits per heavy atom. The number of urea groups is 1. The number of anilines is 1. The van der Waals surface area contributed by atoms with Gasteiger partial charge in [0, 0.05) is 12.2 Å². The molecular formula is C15H18F3N3O3. The minimum absolute atomic E-state index is 0.00241. The summed E-state index contributed by atoms with van der Waals surface area (Å²) in [4.78, 5) is 15.2. The summed E-state index contributed by atoms with van der Waals surface area (Å²) < 4.78 is 42.3. The van der Waals surface area contributed by atoms with Gasteiger partial charge in [0.1, 0.15) is 5.52 Å². The van der Waals surface area contributed by atoms with Crippen molar-refractivity contribution in [3.8, 4) is 0 Å². The molecule has 0 bridgehead atoms. The first-order valence-electron chi connectivity index (χ1n) is 7.36. The lowest BCUT2D eigenvalue weighted by atomic mass is 10.1. The summed E-state index contributed by atoms with van der Waals surface area (Å²) >= 11 is 0. The SMILES string of the molecule is C[C@H](CNC(=O)Nc1ccc2oc(C(F)(F)F)nc2c1)C[C@@H](C)O. The zero-order chi connectivity index (χ0) is 17.9. The minimum Gasteiger partial charge on any atom is -0.433 e. The van der Waals surface area contributed by atoms with Gasteiger partial charge in [-0.05, 0) is 37.5 Å². The molecular weight excluding hydrogens is 327 g/mol. The second-order valence-corrected chi connectivity index (χ2v) is 5.72. The molecule has 1 aromatic heterocycles. The van der Waals surface area contributed by atoms with Gasteiger partial charge in [-0.25, -0.2) is 9.78 Å². The van der Waals surface area contributed by atoms with Crippen LogP contribution in [0.4, 0.5) is 23.7 Å². The minimum atomic E-state index is -4.66. The number of amides is 2. The first-order chi connectivity index (χ1) is 11.1. The van der Waals surface area contributed by atoms with Gasteiger partial charge in [0.15, 0.2) is 5.58 Å². The molecule has 2 amide bonds. The van der Waals surface area contributed by atoms with Crippen molar-refractivity contribution in [3.63, 3.8) is 0 Å². The van der Waals surface area contributed by atoms with E-state index in [1.54, 1.807) is 6.92 Å². The van der Waals surface area contributed by atoms with Gasteiger partial charge in [0.2, 0.25) is 0 Å². The number of nitrogens with one attached hydrogen (secondary N) is 2. The number of benzene rings is 1. The molecule has 9 heteroatoms. The fraction of sp³-hybridized carbons (Fsp3) is 0.467. The first kappa shape index (κ1) is 18.1. The van der Waals surface area contributed by atoms with Gasteiger partial charge in [-0.15, -0.1) is 0 Å². The average molecular weight is 345 g/mol. The van der Waals surface area contributed by atoms with E-state index in [-0.39, 0.29) is 17.0 Å². The molecule has 1 heterocycles. The molecule has 0 saturated heterocycles. The molecule has 0 aliphatic carbocycles. The summed E-state index contributed by atoms with van der Waals surface area (Å²) in [7, 11) is 0. The predicted octanol–water partition coefficient (Wildman–Crippen LogP) is 3.38. The van der Waals surface area contributed by atoms with E-state index in [0.717, 1.165) is 0 Å². The van der Waals surface area contributed by atoms with Crippen LogP contribution in [0.5, 0.6) is 0 Å². The number of halogens is 3. The summed E-state index contributed by atoms with van der Waals surface area (Å²) in [6.07, 6.45) is -4.57. The Bertz CT molecular complexity index is 713. The van der Waals surface area contributed by atoms with Crippen LogP contribution in [0.25, 0.3) is 11.1 Å². The zero-order valence-corrected chi connectivity index (χ0v) is 13.1. The molecule has 1 aromatic carbocycles. The highest BCUT2D eigenvalue weighted by atomic mass is 19.4. The van der Waals surface area contributed by atoms with E-state index in [9.17, 15) is 23.1 Å². The molecule has 2 rings (SSSR count). The number of fused-ring (bicyclic) bond motifs is 1. The summed E-state index contributed by atoms with van der Waals surface area (Å²) in [6, 6.07) is 3.54. The van der Waals surface area contributed by atoms with Crippen molar-refractivity contribution in [1.29, 1.82) is 0 Å². The molecule has 0 radical (unpaired) electrons. The van der Waals surface area contributed by atoms with Crippen LogP contribution in [-0.2, 0) is 6.18 Å². The third kappa shape index (κ3) is 4.85. The van der Waals surface area contributed by atoms with Crippen LogP contribution in [0.3, 0.4) is 0 Å². The summed E-state index contributed by atoms with van der Waals surface area (Å²) in [5, 5.41) is 14.4. The molecule has 0 unspecified atom stereocenters. The largest absolute Gasteiger partial charge is 0.468 e. The maximum Gasteiger partial charge on any atom is 0.468 e. The quantitative estimate of drug-likeness (QED) is 0.775. The van der Waals surface area contributed by atoms with Gasteiger partial charge in [-0.1, -0.05) is 6.92 Å². The van der Waals surface area contributed by atoms with E-state index in [1.165, 1.54) is 18.2 Å². The summed E-state index contributed by atoms with van der Waals surface area (Å²) in [5.41, 5.74) is 0.284. The van der Waals surface area contributed by atoms with Gasteiger partial charge in [-0.3, -0.25) is 0 Å². The van der Waals surface area contributed by atoms with E-state index in [4.69, 9.17) is 0 Å². The molecule has 2 aromatic rings.